The highest BCUT2D eigenvalue weighted by atomic mass is 16.3. The normalized spacial score (nSPS) is 11.6. The zero-order valence-electron chi connectivity index (χ0n) is 57.8. The maximum absolute atomic E-state index is 6.80. The zero-order chi connectivity index (χ0) is 70.0. The largest absolute Gasteiger partial charge is 0.456 e. The molecule has 0 saturated heterocycles. The molecule has 20 rings (SSSR count). The van der Waals surface area contributed by atoms with E-state index >= 15 is 0 Å². The van der Waals surface area contributed by atoms with Gasteiger partial charge in [0.05, 0.1) is 5.69 Å². The van der Waals surface area contributed by atoms with E-state index in [0.29, 0.717) is 0 Å². The highest BCUT2D eigenvalue weighted by Crippen LogP contribution is 2.47. The standard InChI is InChI=1S/C102H66N2O2/c1-5-18-67(19-6-1)68-32-34-69(35-33-68)70-40-51-84(52-41-70)104(96-31-16-15-27-89(96)74-20-7-2-8-21-74)85-53-44-72(45-54-85)78-46-56-94-99(64-78)106-98-61-59-91-87(29-17-30-92(91)102(94)98)79-39-37-73-36-38-77(62-81(73)63-79)71-42-49-83(50-43-71)103(82-25-11-4-12-26-82)86-55-58-88(95(66-86)75-22-9-3-10-23-75)80-47-57-93-100(65-80)105-97-60-48-76-24-13-14-28-90(76)101(93)97/h1-66H. The quantitative estimate of drug-likeness (QED) is 0.109. The Morgan fingerprint density at radius 2 is 0.557 bits per heavy atom. The minimum atomic E-state index is 0.858. The van der Waals surface area contributed by atoms with E-state index in [9.17, 15) is 0 Å². The molecule has 0 aliphatic carbocycles. The fraction of sp³-hybridized carbons (Fsp3) is 0. The average Bonchev–Trinajstić information content (AvgIpc) is 1.75. The third-order valence-electron chi connectivity index (χ3n) is 21.3. The molecule has 18 aromatic carbocycles. The van der Waals surface area contributed by atoms with Gasteiger partial charge in [-0.1, -0.05) is 285 Å². The average molecular weight is 1350 g/mol. The van der Waals surface area contributed by atoms with E-state index < -0.39 is 0 Å². The van der Waals surface area contributed by atoms with Crippen LogP contribution in [0.3, 0.4) is 0 Å². The maximum atomic E-state index is 6.80. The van der Waals surface area contributed by atoms with Crippen molar-refractivity contribution in [3.63, 3.8) is 0 Å². The zero-order valence-corrected chi connectivity index (χ0v) is 57.8. The summed E-state index contributed by atoms with van der Waals surface area (Å²) in [7, 11) is 0. The molecule has 0 amide bonds. The number of fused-ring (bicyclic) bond motifs is 11. The molecular formula is C102H66N2O2. The SMILES string of the molecule is c1ccc(-c2ccc(-c3ccc(N(c4ccc(-c5ccc6c(c5)oc5ccc7c(-c8ccc9ccc(-c%10ccc(N(c%11ccccc%11)c%11ccc(-c%12ccc%13c(c%12)oc%12ccc%14ccccc%14c%12%13)c(-c%12ccccc%12)c%11)cc%10)cc9c8)cccc7c56)cc4)c4ccccc4-c4ccccc4)cc3)cc2)cc1. The molecule has 0 saturated carbocycles. The van der Waals surface area contributed by atoms with Crippen molar-refractivity contribution in [3.8, 4) is 89.0 Å². The fourth-order valence-electron chi connectivity index (χ4n) is 16.0. The molecule has 0 spiro atoms. The summed E-state index contributed by atoms with van der Waals surface area (Å²) in [6.45, 7) is 0. The first kappa shape index (κ1) is 61.8. The lowest BCUT2D eigenvalue weighted by atomic mass is 9.92. The van der Waals surface area contributed by atoms with Crippen LogP contribution in [0, 0.1) is 0 Å². The molecule has 0 radical (unpaired) electrons. The molecule has 0 atom stereocenters. The Balaban J connectivity index is 0.590. The number of benzene rings is 18. The lowest BCUT2D eigenvalue weighted by Gasteiger charge is -2.28. The minimum absolute atomic E-state index is 0.858. The summed E-state index contributed by atoms with van der Waals surface area (Å²) in [5.41, 5.74) is 28.4. The summed E-state index contributed by atoms with van der Waals surface area (Å²) in [4.78, 5) is 4.73. The molecule has 2 aromatic heterocycles. The maximum Gasteiger partial charge on any atom is 0.136 e. The molecule has 0 aliphatic heterocycles. The van der Waals surface area contributed by atoms with Gasteiger partial charge in [0.25, 0.3) is 0 Å². The van der Waals surface area contributed by atoms with Gasteiger partial charge < -0.3 is 18.6 Å². The summed E-state index contributed by atoms with van der Waals surface area (Å²) in [5, 5.41) is 11.6. The number of hydrogen-bond acceptors (Lipinski definition) is 4. The van der Waals surface area contributed by atoms with E-state index in [0.717, 1.165) is 150 Å². The predicted octanol–water partition coefficient (Wildman–Crippen LogP) is 29.2. The van der Waals surface area contributed by atoms with Crippen molar-refractivity contribution in [2.45, 2.75) is 0 Å². The Bertz CT molecular complexity index is 6710. The van der Waals surface area contributed by atoms with Crippen molar-refractivity contribution in [1.82, 2.24) is 0 Å². The molecule has 4 heteroatoms. The molecule has 0 aliphatic rings. The summed E-state index contributed by atoms with van der Waals surface area (Å²) in [6.07, 6.45) is 0. The highest BCUT2D eigenvalue weighted by molar-refractivity contribution is 6.22. The number of rotatable bonds is 14. The van der Waals surface area contributed by atoms with Gasteiger partial charge in [0.2, 0.25) is 0 Å². The Labute approximate surface area is 614 Å². The third-order valence-corrected chi connectivity index (χ3v) is 21.3. The Hall–Kier alpha value is -14.1. The van der Waals surface area contributed by atoms with Crippen LogP contribution >= 0.6 is 0 Å². The van der Waals surface area contributed by atoms with Crippen molar-refractivity contribution in [1.29, 1.82) is 0 Å². The predicted molar refractivity (Wildman–Crippen MR) is 446 cm³/mol. The summed E-state index contributed by atoms with van der Waals surface area (Å²) < 4.78 is 13.4. The van der Waals surface area contributed by atoms with Crippen LogP contribution < -0.4 is 9.80 Å². The Morgan fingerprint density at radius 1 is 0.160 bits per heavy atom. The number of furan rings is 2. The Morgan fingerprint density at radius 3 is 1.21 bits per heavy atom. The van der Waals surface area contributed by atoms with Crippen molar-refractivity contribution in [2.75, 3.05) is 9.80 Å². The summed E-state index contributed by atoms with van der Waals surface area (Å²) >= 11 is 0. The monoisotopic (exact) mass is 1350 g/mol. The van der Waals surface area contributed by atoms with Gasteiger partial charge in [-0.2, -0.15) is 0 Å². The van der Waals surface area contributed by atoms with Gasteiger partial charge >= 0.3 is 0 Å². The van der Waals surface area contributed by atoms with Crippen molar-refractivity contribution in [2.24, 2.45) is 0 Å². The molecule has 496 valence electrons. The van der Waals surface area contributed by atoms with Crippen LogP contribution in [0.2, 0.25) is 0 Å². The van der Waals surface area contributed by atoms with Crippen LogP contribution in [0.5, 0.6) is 0 Å². The molecule has 0 N–H and O–H groups in total. The van der Waals surface area contributed by atoms with Crippen LogP contribution in [-0.4, -0.2) is 0 Å². The van der Waals surface area contributed by atoms with Gasteiger partial charge in [0.15, 0.2) is 0 Å². The van der Waals surface area contributed by atoms with Crippen molar-refractivity contribution >= 4 is 110 Å². The molecule has 0 bridgehead atoms. The third kappa shape index (κ3) is 11.1. The van der Waals surface area contributed by atoms with Crippen LogP contribution in [0.1, 0.15) is 0 Å². The number of nitrogens with zero attached hydrogens (tertiary/aromatic N) is 2. The second kappa shape index (κ2) is 26.1. The van der Waals surface area contributed by atoms with E-state index in [1.54, 1.807) is 0 Å². The van der Waals surface area contributed by atoms with E-state index in [1.807, 2.05) is 0 Å². The topological polar surface area (TPSA) is 32.8 Å². The number of anilines is 6. The first-order chi connectivity index (χ1) is 52.5. The van der Waals surface area contributed by atoms with Gasteiger partial charge in [0.1, 0.15) is 22.3 Å². The molecule has 106 heavy (non-hydrogen) atoms. The summed E-state index contributed by atoms with van der Waals surface area (Å²) in [5.74, 6) is 0. The Kier molecular flexibility index (Phi) is 15.2. The van der Waals surface area contributed by atoms with Crippen LogP contribution in [0.25, 0.3) is 165 Å². The van der Waals surface area contributed by atoms with E-state index in [-0.39, 0.29) is 0 Å². The van der Waals surface area contributed by atoms with Gasteiger partial charge in [-0.3, -0.25) is 0 Å². The first-order valence-electron chi connectivity index (χ1n) is 36.2. The second-order valence-electron chi connectivity index (χ2n) is 27.5. The summed E-state index contributed by atoms with van der Waals surface area (Å²) in [6, 6.07) is 145. The van der Waals surface area contributed by atoms with Gasteiger partial charge in [0, 0.05) is 55.5 Å². The lowest BCUT2D eigenvalue weighted by molar-refractivity contribution is 0.669. The minimum Gasteiger partial charge on any atom is -0.456 e. The molecule has 20 aromatic rings. The van der Waals surface area contributed by atoms with Crippen LogP contribution in [-0.2, 0) is 0 Å². The van der Waals surface area contributed by atoms with E-state index in [1.165, 1.54) is 49.2 Å². The highest BCUT2D eigenvalue weighted by Gasteiger charge is 2.22. The molecule has 0 fully saturated rings. The number of hydrogen-bond donors (Lipinski definition) is 0. The van der Waals surface area contributed by atoms with E-state index in [2.05, 4.69) is 410 Å². The van der Waals surface area contributed by atoms with Gasteiger partial charge in [-0.15, -0.1) is 0 Å². The second-order valence-corrected chi connectivity index (χ2v) is 27.5. The van der Waals surface area contributed by atoms with Gasteiger partial charge in [-0.25, -0.2) is 0 Å². The van der Waals surface area contributed by atoms with Crippen molar-refractivity contribution in [3.05, 3.63) is 400 Å². The number of para-hydroxylation sites is 2. The fourth-order valence-corrected chi connectivity index (χ4v) is 16.0. The molecule has 2 heterocycles. The molecule has 4 nitrogen and oxygen atoms in total. The van der Waals surface area contributed by atoms with Crippen molar-refractivity contribution < 1.29 is 8.83 Å². The van der Waals surface area contributed by atoms with E-state index in [4.69, 9.17) is 8.83 Å². The molecule has 0 unspecified atom stereocenters. The molecular weight excluding hydrogens is 1290 g/mol. The van der Waals surface area contributed by atoms with Crippen LogP contribution in [0.4, 0.5) is 34.1 Å². The first-order valence-corrected chi connectivity index (χ1v) is 36.2. The lowest BCUT2D eigenvalue weighted by Crippen LogP contribution is -2.11. The van der Waals surface area contributed by atoms with Gasteiger partial charge in [-0.05, 0) is 231 Å². The smallest absolute Gasteiger partial charge is 0.136 e. The van der Waals surface area contributed by atoms with Crippen LogP contribution in [0.15, 0.2) is 409 Å².